The van der Waals surface area contributed by atoms with E-state index < -0.39 is 6.09 Å². The Labute approximate surface area is 104 Å². The Morgan fingerprint density at radius 2 is 2.50 bits per heavy atom. The summed E-state index contributed by atoms with van der Waals surface area (Å²) in [5, 5.41) is 9.13. The third-order valence-corrected chi connectivity index (χ3v) is 3.59. The van der Waals surface area contributed by atoms with Crippen LogP contribution in [0, 0.1) is 0 Å². The molecule has 1 aliphatic rings. The van der Waals surface area contributed by atoms with Crippen molar-refractivity contribution in [2.45, 2.75) is 25.3 Å². The van der Waals surface area contributed by atoms with Gasteiger partial charge in [-0.05, 0) is 37.0 Å². The van der Waals surface area contributed by atoms with E-state index >= 15 is 0 Å². The number of rotatable bonds is 2. The fraction of sp³-hybridized carbons (Fsp3) is 0.385. The lowest BCUT2D eigenvalue weighted by atomic mass is 10.1. The first-order valence-corrected chi connectivity index (χ1v) is 6.16. The van der Waals surface area contributed by atoms with Crippen molar-refractivity contribution in [3.63, 3.8) is 0 Å². The van der Waals surface area contributed by atoms with Crippen LogP contribution in [0.2, 0.25) is 0 Å². The number of carboxylic acid groups (broad SMARTS) is 1. The van der Waals surface area contributed by atoms with Gasteiger partial charge in [-0.15, -0.1) is 0 Å². The lowest BCUT2D eigenvalue weighted by molar-refractivity contribution is 0.140. The van der Waals surface area contributed by atoms with Crippen molar-refractivity contribution in [1.82, 2.24) is 14.9 Å². The van der Waals surface area contributed by atoms with E-state index in [0.717, 1.165) is 35.9 Å². The van der Waals surface area contributed by atoms with E-state index in [4.69, 9.17) is 5.11 Å². The van der Waals surface area contributed by atoms with Crippen molar-refractivity contribution in [2.24, 2.45) is 0 Å². The van der Waals surface area contributed by atoms with Crippen molar-refractivity contribution in [3.05, 3.63) is 30.1 Å². The molecule has 2 aromatic heterocycles. The summed E-state index contributed by atoms with van der Waals surface area (Å²) in [6.45, 7) is 0.649. The number of nitrogens with one attached hydrogen (secondary N) is 1. The second-order valence-electron chi connectivity index (χ2n) is 4.69. The molecule has 3 rings (SSSR count). The summed E-state index contributed by atoms with van der Waals surface area (Å²) in [5.41, 5.74) is 3.06. The molecule has 0 radical (unpaired) electrons. The standard InChI is InChI=1S/C13H15N3O2/c17-13(18)16-6-2-3-10(16)7-9-8-15-11-4-1-5-14-12(9)11/h1,4-5,8,10,15H,2-3,6-7H2,(H,17,18). The number of fused-ring (bicyclic) bond motifs is 1. The topological polar surface area (TPSA) is 69.2 Å². The molecule has 1 unspecified atom stereocenters. The van der Waals surface area contributed by atoms with E-state index in [1.165, 1.54) is 0 Å². The first-order chi connectivity index (χ1) is 8.75. The zero-order valence-corrected chi connectivity index (χ0v) is 9.97. The average molecular weight is 245 g/mol. The van der Waals surface area contributed by atoms with Crippen LogP contribution in [0.25, 0.3) is 11.0 Å². The molecule has 94 valence electrons. The molecule has 1 aliphatic heterocycles. The minimum Gasteiger partial charge on any atom is -0.465 e. The maximum atomic E-state index is 11.1. The monoisotopic (exact) mass is 245 g/mol. The Hall–Kier alpha value is -2.04. The summed E-state index contributed by atoms with van der Waals surface area (Å²) >= 11 is 0. The molecule has 0 saturated carbocycles. The number of hydrogen-bond donors (Lipinski definition) is 2. The second-order valence-corrected chi connectivity index (χ2v) is 4.69. The Morgan fingerprint density at radius 1 is 1.61 bits per heavy atom. The normalized spacial score (nSPS) is 19.6. The van der Waals surface area contributed by atoms with Crippen LogP contribution >= 0.6 is 0 Å². The van der Waals surface area contributed by atoms with Crippen LogP contribution in [0.3, 0.4) is 0 Å². The molecule has 5 nitrogen and oxygen atoms in total. The predicted octanol–water partition coefficient (Wildman–Crippen LogP) is 2.25. The highest BCUT2D eigenvalue weighted by atomic mass is 16.4. The van der Waals surface area contributed by atoms with Gasteiger partial charge < -0.3 is 15.0 Å². The molecule has 1 atom stereocenters. The summed E-state index contributed by atoms with van der Waals surface area (Å²) in [5.74, 6) is 0. The number of carbonyl (C=O) groups is 1. The van der Waals surface area contributed by atoms with Gasteiger partial charge in [0, 0.05) is 25.0 Å². The van der Waals surface area contributed by atoms with Gasteiger partial charge in [-0.3, -0.25) is 4.98 Å². The van der Waals surface area contributed by atoms with Gasteiger partial charge in [0.1, 0.15) is 0 Å². The Morgan fingerprint density at radius 3 is 3.33 bits per heavy atom. The van der Waals surface area contributed by atoms with E-state index in [1.807, 2.05) is 18.3 Å². The molecule has 18 heavy (non-hydrogen) atoms. The highest BCUT2D eigenvalue weighted by Gasteiger charge is 2.29. The van der Waals surface area contributed by atoms with Gasteiger partial charge >= 0.3 is 6.09 Å². The van der Waals surface area contributed by atoms with Gasteiger partial charge in [0.05, 0.1) is 11.0 Å². The molecule has 0 aromatic carbocycles. The second kappa shape index (κ2) is 4.33. The molecular weight excluding hydrogens is 230 g/mol. The lowest BCUT2D eigenvalue weighted by Gasteiger charge is -2.20. The quantitative estimate of drug-likeness (QED) is 0.852. The maximum Gasteiger partial charge on any atom is 0.407 e. The first-order valence-electron chi connectivity index (χ1n) is 6.16. The molecule has 0 bridgehead atoms. The number of likely N-dealkylation sites (tertiary alicyclic amines) is 1. The molecular formula is C13H15N3O2. The highest BCUT2D eigenvalue weighted by Crippen LogP contribution is 2.24. The molecule has 1 amide bonds. The van der Waals surface area contributed by atoms with E-state index in [9.17, 15) is 4.79 Å². The summed E-state index contributed by atoms with van der Waals surface area (Å²) in [6, 6.07) is 3.96. The Balaban J connectivity index is 1.86. The van der Waals surface area contributed by atoms with Gasteiger partial charge in [0.2, 0.25) is 0 Å². The smallest absolute Gasteiger partial charge is 0.407 e. The van der Waals surface area contributed by atoms with Crippen molar-refractivity contribution in [1.29, 1.82) is 0 Å². The van der Waals surface area contributed by atoms with Crippen LogP contribution in [0.1, 0.15) is 18.4 Å². The molecule has 1 saturated heterocycles. The molecule has 0 aliphatic carbocycles. The first kappa shape index (κ1) is 11.1. The minimum absolute atomic E-state index is 0.0866. The van der Waals surface area contributed by atoms with E-state index in [1.54, 1.807) is 11.1 Å². The van der Waals surface area contributed by atoms with Gasteiger partial charge in [0.25, 0.3) is 0 Å². The predicted molar refractivity (Wildman–Crippen MR) is 67.6 cm³/mol. The fourth-order valence-electron chi connectivity index (χ4n) is 2.72. The highest BCUT2D eigenvalue weighted by molar-refractivity contribution is 5.78. The van der Waals surface area contributed by atoms with Crippen LogP contribution in [-0.4, -0.2) is 38.7 Å². The van der Waals surface area contributed by atoms with E-state index in [0.29, 0.717) is 6.54 Å². The van der Waals surface area contributed by atoms with E-state index in [-0.39, 0.29) is 6.04 Å². The van der Waals surface area contributed by atoms with Crippen molar-refractivity contribution >= 4 is 17.1 Å². The summed E-state index contributed by atoms with van der Waals surface area (Å²) in [4.78, 5) is 20.2. The number of aromatic nitrogens is 2. The Kier molecular flexibility index (Phi) is 2.66. The van der Waals surface area contributed by atoms with Crippen LogP contribution in [0.15, 0.2) is 24.5 Å². The minimum atomic E-state index is -0.815. The molecule has 3 heterocycles. The molecule has 2 N–H and O–H groups in total. The number of amides is 1. The number of pyridine rings is 1. The van der Waals surface area contributed by atoms with Gasteiger partial charge in [0.15, 0.2) is 0 Å². The van der Waals surface area contributed by atoms with Crippen molar-refractivity contribution in [2.75, 3.05) is 6.54 Å². The number of H-pyrrole nitrogens is 1. The fourth-order valence-corrected chi connectivity index (χ4v) is 2.72. The summed E-state index contributed by atoms with van der Waals surface area (Å²) in [7, 11) is 0. The van der Waals surface area contributed by atoms with E-state index in [2.05, 4.69) is 9.97 Å². The summed E-state index contributed by atoms with van der Waals surface area (Å²) in [6.07, 6.45) is 5.52. The van der Waals surface area contributed by atoms with Crippen LogP contribution in [0.5, 0.6) is 0 Å². The van der Waals surface area contributed by atoms with Gasteiger partial charge in [-0.25, -0.2) is 4.79 Å². The van der Waals surface area contributed by atoms with Gasteiger partial charge in [-0.1, -0.05) is 0 Å². The zero-order valence-electron chi connectivity index (χ0n) is 9.97. The molecule has 5 heteroatoms. The maximum absolute atomic E-state index is 11.1. The van der Waals surface area contributed by atoms with Crippen LogP contribution in [-0.2, 0) is 6.42 Å². The average Bonchev–Trinajstić information content (AvgIpc) is 2.97. The third-order valence-electron chi connectivity index (χ3n) is 3.59. The van der Waals surface area contributed by atoms with Crippen molar-refractivity contribution < 1.29 is 9.90 Å². The van der Waals surface area contributed by atoms with Crippen molar-refractivity contribution in [3.8, 4) is 0 Å². The number of aromatic amines is 1. The molecule has 2 aromatic rings. The molecule has 1 fully saturated rings. The lowest BCUT2D eigenvalue weighted by Crippen LogP contribution is -2.35. The van der Waals surface area contributed by atoms with Crippen LogP contribution in [0.4, 0.5) is 4.79 Å². The number of nitrogens with zero attached hydrogens (tertiary/aromatic N) is 2. The largest absolute Gasteiger partial charge is 0.465 e. The summed E-state index contributed by atoms with van der Waals surface area (Å²) < 4.78 is 0. The Bertz CT molecular complexity index is 578. The van der Waals surface area contributed by atoms with Crippen LogP contribution < -0.4 is 0 Å². The zero-order chi connectivity index (χ0) is 12.5. The number of hydrogen-bond acceptors (Lipinski definition) is 2. The van der Waals surface area contributed by atoms with Gasteiger partial charge in [-0.2, -0.15) is 0 Å². The SMILES string of the molecule is O=C(O)N1CCCC1Cc1c[nH]c2cccnc12. The third kappa shape index (κ3) is 1.81. The molecule has 0 spiro atoms.